The molecule has 2 aliphatic rings. The number of rotatable bonds is 7. The molecular weight excluding hydrogens is 411 g/mol. The monoisotopic (exact) mass is 447 g/mol. The second-order valence-electron chi connectivity index (χ2n) is 10.4. The predicted molar refractivity (Wildman–Crippen MR) is 113 cm³/mol. The van der Waals surface area contributed by atoms with Gasteiger partial charge in [-0.3, -0.25) is 9.59 Å². The van der Waals surface area contributed by atoms with Crippen LogP contribution in [0.2, 0.25) is 19.6 Å². The molecule has 0 radical (unpaired) electrons. The SMILES string of the molecule is C[C@H](CNC(=O)C[C@](C)(O[Si](C)(C)C)C(F)(F)F)C1=CCC[C@H]2C(=O)CCC[C@@]12C. The molecule has 0 aliphatic heterocycles. The number of carbonyl (C=O) groups is 2. The van der Waals surface area contributed by atoms with E-state index in [-0.39, 0.29) is 23.8 Å². The van der Waals surface area contributed by atoms with Crippen LogP contribution >= 0.6 is 0 Å². The maximum atomic E-state index is 13.6. The van der Waals surface area contributed by atoms with E-state index in [2.05, 4.69) is 18.3 Å². The molecule has 2 aliphatic carbocycles. The van der Waals surface area contributed by atoms with Gasteiger partial charge in [0.25, 0.3) is 0 Å². The summed E-state index contributed by atoms with van der Waals surface area (Å²) in [5.41, 5.74) is -1.55. The summed E-state index contributed by atoms with van der Waals surface area (Å²) in [4.78, 5) is 24.9. The van der Waals surface area contributed by atoms with Gasteiger partial charge >= 0.3 is 6.18 Å². The molecule has 30 heavy (non-hydrogen) atoms. The van der Waals surface area contributed by atoms with Crippen LogP contribution in [0.25, 0.3) is 0 Å². The Kier molecular flexibility index (Phi) is 7.34. The summed E-state index contributed by atoms with van der Waals surface area (Å²) in [5, 5.41) is 2.69. The fraction of sp³-hybridized carbons (Fsp3) is 0.818. The number of alkyl halides is 3. The predicted octanol–water partition coefficient (Wildman–Crippen LogP) is 5.40. The van der Waals surface area contributed by atoms with Crippen LogP contribution in [0.15, 0.2) is 11.6 Å². The number of ketones is 1. The van der Waals surface area contributed by atoms with E-state index in [1.165, 1.54) is 0 Å². The molecule has 0 heterocycles. The first-order chi connectivity index (χ1) is 13.6. The van der Waals surface area contributed by atoms with Gasteiger partial charge in [0.05, 0.1) is 6.42 Å². The number of amides is 1. The zero-order valence-corrected chi connectivity index (χ0v) is 20.0. The quantitative estimate of drug-likeness (QED) is 0.420. The molecule has 4 nitrogen and oxygen atoms in total. The van der Waals surface area contributed by atoms with Crippen molar-refractivity contribution >= 4 is 20.0 Å². The van der Waals surface area contributed by atoms with Crippen LogP contribution in [0, 0.1) is 17.3 Å². The number of Topliss-reactive ketones (excluding diaryl/α,β-unsaturated/α-hetero) is 1. The molecular formula is C22H36F3NO3Si. The number of hydrogen-bond donors (Lipinski definition) is 1. The van der Waals surface area contributed by atoms with Gasteiger partial charge in [-0.25, -0.2) is 0 Å². The summed E-state index contributed by atoms with van der Waals surface area (Å²) in [6.45, 7) is 10.3. The summed E-state index contributed by atoms with van der Waals surface area (Å²) in [5.74, 6) is -0.376. The highest BCUT2D eigenvalue weighted by Crippen LogP contribution is 2.51. The van der Waals surface area contributed by atoms with Crippen LogP contribution < -0.4 is 5.32 Å². The van der Waals surface area contributed by atoms with Crippen LogP contribution in [0.5, 0.6) is 0 Å². The molecule has 4 atom stereocenters. The van der Waals surface area contributed by atoms with Gasteiger partial charge in [-0.05, 0) is 63.6 Å². The average Bonchev–Trinajstić information content (AvgIpc) is 2.56. The summed E-state index contributed by atoms with van der Waals surface area (Å²) in [6, 6.07) is 0. The van der Waals surface area contributed by atoms with Gasteiger partial charge in [0, 0.05) is 18.9 Å². The van der Waals surface area contributed by atoms with Crippen molar-refractivity contribution in [1.82, 2.24) is 5.32 Å². The van der Waals surface area contributed by atoms with E-state index in [0.29, 0.717) is 12.2 Å². The Hall–Kier alpha value is -1.15. The van der Waals surface area contributed by atoms with Gasteiger partial charge in [0.1, 0.15) is 5.78 Å². The Bertz CT molecular complexity index is 701. The second kappa shape index (κ2) is 8.77. The largest absolute Gasteiger partial charge is 0.416 e. The van der Waals surface area contributed by atoms with Gasteiger partial charge in [-0.2, -0.15) is 13.2 Å². The normalized spacial score (nSPS) is 28.2. The van der Waals surface area contributed by atoms with Crippen molar-refractivity contribution in [3.05, 3.63) is 11.6 Å². The highest BCUT2D eigenvalue weighted by molar-refractivity contribution is 6.69. The molecule has 0 bridgehead atoms. The van der Waals surface area contributed by atoms with Crippen molar-refractivity contribution in [2.75, 3.05) is 6.54 Å². The molecule has 0 saturated heterocycles. The number of carbonyl (C=O) groups excluding carboxylic acids is 2. The van der Waals surface area contributed by atoms with E-state index >= 15 is 0 Å². The van der Waals surface area contributed by atoms with E-state index in [1.807, 2.05) is 6.92 Å². The third-order valence-corrected chi connectivity index (χ3v) is 7.58. The van der Waals surface area contributed by atoms with Crippen molar-refractivity contribution in [2.45, 2.75) is 90.7 Å². The highest BCUT2D eigenvalue weighted by Gasteiger charge is 2.55. The first-order valence-electron chi connectivity index (χ1n) is 10.9. The first-order valence-corrected chi connectivity index (χ1v) is 14.3. The summed E-state index contributed by atoms with van der Waals surface area (Å²) >= 11 is 0. The van der Waals surface area contributed by atoms with Crippen molar-refractivity contribution in [2.24, 2.45) is 17.3 Å². The van der Waals surface area contributed by atoms with Gasteiger partial charge < -0.3 is 9.74 Å². The van der Waals surface area contributed by atoms with E-state index < -0.39 is 32.4 Å². The van der Waals surface area contributed by atoms with Gasteiger partial charge in [-0.15, -0.1) is 0 Å². The standard InChI is InChI=1S/C22H36F3NO3Si/c1-15(16-9-7-10-17-18(27)11-8-12-20(16,17)2)14-26-19(28)13-21(3,22(23,24)25)29-30(4,5)6/h9,15,17H,7-8,10-14H2,1-6H3,(H,26,28)/t15-,17+,20+,21+/m1/s1. The molecule has 0 aromatic rings. The molecule has 2 rings (SSSR count). The Balaban J connectivity index is 2.04. The minimum Gasteiger partial charge on any atom is -0.403 e. The van der Waals surface area contributed by atoms with E-state index in [4.69, 9.17) is 4.43 Å². The van der Waals surface area contributed by atoms with E-state index in [0.717, 1.165) is 38.2 Å². The maximum Gasteiger partial charge on any atom is 0.416 e. The highest BCUT2D eigenvalue weighted by atomic mass is 28.4. The number of allylic oxidation sites excluding steroid dienone is 1. The molecule has 1 saturated carbocycles. The van der Waals surface area contributed by atoms with Crippen LogP contribution in [-0.4, -0.2) is 38.3 Å². The maximum absolute atomic E-state index is 13.6. The van der Waals surface area contributed by atoms with Crippen molar-refractivity contribution < 1.29 is 27.2 Å². The topological polar surface area (TPSA) is 55.4 Å². The summed E-state index contributed by atoms with van der Waals surface area (Å²) < 4.78 is 46.3. The number of fused-ring (bicyclic) bond motifs is 1. The van der Waals surface area contributed by atoms with E-state index in [9.17, 15) is 22.8 Å². The number of halogens is 3. The Morgan fingerprint density at radius 2 is 2.00 bits per heavy atom. The van der Waals surface area contributed by atoms with E-state index in [1.54, 1.807) is 19.6 Å². The van der Waals surface area contributed by atoms with Crippen LogP contribution in [-0.2, 0) is 14.0 Å². The van der Waals surface area contributed by atoms with Gasteiger partial charge in [0.2, 0.25) is 5.91 Å². The number of nitrogens with one attached hydrogen (secondary N) is 1. The van der Waals surface area contributed by atoms with Crippen molar-refractivity contribution in [3.63, 3.8) is 0 Å². The third-order valence-electron chi connectivity index (χ3n) is 6.52. The minimum atomic E-state index is -4.63. The van der Waals surface area contributed by atoms with Crippen LogP contribution in [0.4, 0.5) is 13.2 Å². The summed E-state index contributed by atoms with van der Waals surface area (Å²) in [6.07, 6.45) is 0.887. The molecule has 8 heteroatoms. The lowest BCUT2D eigenvalue weighted by Gasteiger charge is -2.47. The molecule has 1 amide bonds. The average molecular weight is 448 g/mol. The lowest BCUT2D eigenvalue weighted by atomic mass is 9.57. The Labute approximate surface area is 179 Å². The smallest absolute Gasteiger partial charge is 0.403 e. The Morgan fingerprint density at radius 1 is 1.37 bits per heavy atom. The molecule has 0 spiro atoms. The zero-order chi connectivity index (χ0) is 23.0. The fourth-order valence-corrected chi connectivity index (χ4v) is 6.72. The second-order valence-corrected chi connectivity index (χ2v) is 14.8. The molecule has 1 N–H and O–H groups in total. The van der Waals surface area contributed by atoms with Crippen molar-refractivity contribution in [3.8, 4) is 0 Å². The molecule has 0 aromatic heterocycles. The molecule has 0 unspecified atom stereocenters. The lowest BCUT2D eigenvalue weighted by molar-refractivity contribution is -0.246. The number of hydrogen-bond acceptors (Lipinski definition) is 3. The van der Waals surface area contributed by atoms with Crippen LogP contribution in [0.3, 0.4) is 0 Å². The zero-order valence-electron chi connectivity index (χ0n) is 19.0. The van der Waals surface area contributed by atoms with Crippen LogP contribution in [0.1, 0.15) is 59.3 Å². The lowest BCUT2D eigenvalue weighted by Crippen LogP contribution is -2.53. The molecule has 0 aromatic carbocycles. The third kappa shape index (κ3) is 5.55. The molecule has 172 valence electrons. The fourth-order valence-electron chi connectivity index (χ4n) is 5.18. The first kappa shape index (κ1) is 25.1. The molecule has 1 fully saturated rings. The summed E-state index contributed by atoms with van der Waals surface area (Å²) in [7, 11) is -2.52. The minimum absolute atomic E-state index is 0.0167. The van der Waals surface area contributed by atoms with Gasteiger partial charge in [0.15, 0.2) is 13.9 Å². The van der Waals surface area contributed by atoms with Gasteiger partial charge in [-0.1, -0.05) is 25.5 Å². The van der Waals surface area contributed by atoms with Crippen molar-refractivity contribution in [1.29, 1.82) is 0 Å². The Morgan fingerprint density at radius 3 is 2.57 bits per heavy atom.